The molecule has 0 aliphatic carbocycles. The Morgan fingerprint density at radius 3 is 2.39 bits per heavy atom. The van der Waals surface area contributed by atoms with Crippen molar-refractivity contribution < 1.29 is 14.7 Å². The smallest absolute Gasteiger partial charge is 0.314 e. The molecule has 0 aromatic heterocycles. The number of carboxylic acid groups (broad SMARTS) is 1. The molecule has 106 valence electrons. The van der Waals surface area contributed by atoms with E-state index in [2.05, 4.69) is 16.9 Å². The number of rotatable bonds is 9. The van der Waals surface area contributed by atoms with E-state index in [0.717, 1.165) is 18.6 Å². The molecule has 0 aromatic carbocycles. The van der Waals surface area contributed by atoms with E-state index < -0.39 is 11.9 Å². The maximum Gasteiger partial charge on any atom is 0.314 e. The number of urea groups is 1. The molecule has 0 heterocycles. The molecule has 1 atom stereocenters. The van der Waals surface area contributed by atoms with Crippen LogP contribution in [0.2, 0.25) is 0 Å². The van der Waals surface area contributed by atoms with Crippen molar-refractivity contribution in [1.29, 1.82) is 0 Å². The van der Waals surface area contributed by atoms with Crippen LogP contribution >= 0.6 is 11.8 Å². The molecule has 0 aromatic rings. The number of carboxylic acids is 1. The molecule has 0 fully saturated rings. The molecular weight excluding hydrogens is 252 g/mol. The number of hydrogen-bond acceptors (Lipinski definition) is 3. The van der Waals surface area contributed by atoms with Crippen molar-refractivity contribution in [3.05, 3.63) is 0 Å². The SMILES string of the molecule is CSCCCCNC(=O)NCC(C(=O)O)C(C)C. The third-order valence-corrected chi connectivity index (χ3v) is 3.36. The molecule has 0 radical (unpaired) electrons. The lowest BCUT2D eigenvalue weighted by molar-refractivity contribution is -0.142. The minimum Gasteiger partial charge on any atom is -0.481 e. The van der Waals surface area contributed by atoms with E-state index in [1.165, 1.54) is 0 Å². The van der Waals surface area contributed by atoms with Gasteiger partial charge in [-0.1, -0.05) is 13.8 Å². The molecule has 0 rings (SSSR count). The Hall–Kier alpha value is -0.910. The lowest BCUT2D eigenvalue weighted by Gasteiger charge is -2.16. The van der Waals surface area contributed by atoms with Gasteiger partial charge in [-0.25, -0.2) is 4.79 Å². The Bertz CT molecular complexity index is 260. The number of hydrogen-bond donors (Lipinski definition) is 3. The summed E-state index contributed by atoms with van der Waals surface area (Å²) in [5.41, 5.74) is 0. The van der Waals surface area contributed by atoms with Gasteiger partial charge in [0.2, 0.25) is 0 Å². The first-order chi connectivity index (χ1) is 8.49. The van der Waals surface area contributed by atoms with Gasteiger partial charge >= 0.3 is 12.0 Å². The summed E-state index contributed by atoms with van der Waals surface area (Å²) < 4.78 is 0. The van der Waals surface area contributed by atoms with Crippen LogP contribution in [0.4, 0.5) is 4.79 Å². The molecule has 0 saturated carbocycles. The summed E-state index contributed by atoms with van der Waals surface area (Å²) in [6, 6.07) is -0.286. The van der Waals surface area contributed by atoms with Crippen molar-refractivity contribution >= 4 is 23.8 Å². The van der Waals surface area contributed by atoms with Crippen LogP contribution in [0, 0.1) is 11.8 Å². The number of carbonyl (C=O) groups is 2. The summed E-state index contributed by atoms with van der Waals surface area (Å²) in [5.74, 6) is -0.306. The Kier molecular flexibility index (Phi) is 9.55. The van der Waals surface area contributed by atoms with E-state index in [1.807, 2.05) is 13.8 Å². The van der Waals surface area contributed by atoms with Gasteiger partial charge in [0.05, 0.1) is 5.92 Å². The summed E-state index contributed by atoms with van der Waals surface area (Å²) in [4.78, 5) is 22.3. The van der Waals surface area contributed by atoms with Crippen LogP contribution in [0.1, 0.15) is 26.7 Å². The average Bonchev–Trinajstić information content (AvgIpc) is 2.28. The summed E-state index contributed by atoms with van der Waals surface area (Å²) in [5, 5.41) is 14.3. The molecule has 18 heavy (non-hydrogen) atoms. The highest BCUT2D eigenvalue weighted by Crippen LogP contribution is 2.09. The normalized spacial score (nSPS) is 12.2. The predicted octanol–water partition coefficient (Wildman–Crippen LogP) is 1.79. The zero-order chi connectivity index (χ0) is 14.0. The van der Waals surface area contributed by atoms with Gasteiger partial charge in [-0.3, -0.25) is 4.79 Å². The van der Waals surface area contributed by atoms with E-state index in [0.29, 0.717) is 6.54 Å². The van der Waals surface area contributed by atoms with Gasteiger partial charge in [0.1, 0.15) is 0 Å². The average molecular weight is 276 g/mol. The van der Waals surface area contributed by atoms with Crippen LogP contribution in [-0.2, 0) is 4.79 Å². The summed E-state index contributed by atoms with van der Waals surface area (Å²) in [7, 11) is 0. The first kappa shape index (κ1) is 17.1. The van der Waals surface area contributed by atoms with Gasteiger partial charge in [0.15, 0.2) is 0 Å². The number of nitrogens with one attached hydrogen (secondary N) is 2. The minimum absolute atomic E-state index is 0.00405. The van der Waals surface area contributed by atoms with Crippen molar-refractivity contribution in [2.75, 3.05) is 25.1 Å². The molecule has 0 aliphatic heterocycles. The fourth-order valence-corrected chi connectivity index (χ4v) is 1.94. The van der Waals surface area contributed by atoms with Crippen molar-refractivity contribution in [1.82, 2.24) is 10.6 Å². The van der Waals surface area contributed by atoms with Crippen molar-refractivity contribution in [2.24, 2.45) is 11.8 Å². The van der Waals surface area contributed by atoms with E-state index in [1.54, 1.807) is 11.8 Å². The second-order valence-electron chi connectivity index (χ2n) is 4.53. The number of thioether (sulfide) groups is 1. The lowest BCUT2D eigenvalue weighted by atomic mass is 9.96. The molecule has 0 saturated heterocycles. The maximum absolute atomic E-state index is 11.4. The molecule has 6 heteroatoms. The summed E-state index contributed by atoms with van der Waals surface area (Å²) >= 11 is 1.79. The predicted molar refractivity (Wildman–Crippen MR) is 75.0 cm³/mol. The first-order valence-corrected chi connectivity index (χ1v) is 7.61. The van der Waals surface area contributed by atoms with Gasteiger partial charge in [0, 0.05) is 13.1 Å². The van der Waals surface area contributed by atoms with Crippen molar-refractivity contribution in [3.8, 4) is 0 Å². The Morgan fingerprint density at radius 1 is 1.22 bits per heavy atom. The fourth-order valence-electron chi connectivity index (χ4n) is 1.45. The van der Waals surface area contributed by atoms with Crippen LogP contribution in [-0.4, -0.2) is 42.2 Å². The van der Waals surface area contributed by atoms with Gasteiger partial charge in [-0.15, -0.1) is 0 Å². The van der Waals surface area contributed by atoms with E-state index in [-0.39, 0.29) is 18.5 Å². The second kappa shape index (κ2) is 10.1. The van der Waals surface area contributed by atoms with Crippen LogP contribution in [0.5, 0.6) is 0 Å². The molecule has 0 spiro atoms. The van der Waals surface area contributed by atoms with Crippen molar-refractivity contribution in [2.45, 2.75) is 26.7 Å². The van der Waals surface area contributed by atoms with Gasteiger partial charge < -0.3 is 15.7 Å². The Labute approximate surface area is 113 Å². The fraction of sp³-hybridized carbons (Fsp3) is 0.833. The van der Waals surface area contributed by atoms with Crippen molar-refractivity contribution in [3.63, 3.8) is 0 Å². The van der Waals surface area contributed by atoms with E-state index in [9.17, 15) is 9.59 Å². The second-order valence-corrected chi connectivity index (χ2v) is 5.51. The van der Waals surface area contributed by atoms with Crippen LogP contribution < -0.4 is 10.6 Å². The monoisotopic (exact) mass is 276 g/mol. The van der Waals surface area contributed by atoms with Crippen LogP contribution in [0.3, 0.4) is 0 Å². The summed E-state index contributed by atoms with van der Waals surface area (Å²) in [6.45, 7) is 4.47. The summed E-state index contributed by atoms with van der Waals surface area (Å²) in [6.07, 6.45) is 4.07. The minimum atomic E-state index is -0.870. The maximum atomic E-state index is 11.4. The molecule has 3 N–H and O–H groups in total. The highest BCUT2D eigenvalue weighted by Gasteiger charge is 2.21. The number of carbonyl (C=O) groups excluding carboxylic acids is 1. The number of unbranched alkanes of at least 4 members (excludes halogenated alkanes) is 1. The quantitative estimate of drug-likeness (QED) is 0.561. The van der Waals surface area contributed by atoms with E-state index in [4.69, 9.17) is 5.11 Å². The largest absolute Gasteiger partial charge is 0.481 e. The molecule has 5 nitrogen and oxygen atoms in total. The Morgan fingerprint density at radius 2 is 1.89 bits per heavy atom. The third-order valence-electron chi connectivity index (χ3n) is 2.67. The third kappa shape index (κ3) is 8.22. The molecular formula is C12H24N2O3S. The lowest BCUT2D eigenvalue weighted by Crippen LogP contribution is -2.41. The molecule has 1 unspecified atom stereocenters. The van der Waals surface area contributed by atoms with Gasteiger partial charge in [0.25, 0.3) is 0 Å². The van der Waals surface area contributed by atoms with Gasteiger partial charge in [-0.05, 0) is 30.8 Å². The number of aliphatic carboxylic acids is 1. The van der Waals surface area contributed by atoms with Crippen LogP contribution in [0.25, 0.3) is 0 Å². The topological polar surface area (TPSA) is 78.4 Å². The zero-order valence-electron chi connectivity index (χ0n) is 11.4. The molecule has 2 amide bonds. The standard InChI is InChI=1S/C12H24N2O3S/c1-9(2)10(11(15)16)8-14-12(17)13-6-4-5-7-18-3/h9-10H,4-8H2,1-3H3,(H,15,16)(H2,13,14,17). The molecule has 0 bridgehead atoms. The highest BCUT2D eigenvalue weighted by molar-refractivity contribution is 7.98. The van der Waals surface area contributed by atoms with E-state index >= 15 is 0 Å². The highest BCUT2D eigenvalue weighted by atomic mass is 32.2. The molecule has 0 aliphatic rings. The van der Waals surface area contributed by atoms with Crippen LogP contribution in [0.15, 0.2) is 0 Å². The van der Waals surface area contributed by atoms with Gasteiger partial charge in [-0.2, -0.15) is 11.8 Å². The zero-order valence-corrected chi connectivity index (χ0v) is 12.2. The Balaban J connectivity index is 3.71. The number of amides is 2. The first-order valence-electron chi connectivity index (χ1n) is 6.22.